The van der Waals surface area contributed by atoms with Gasteiger partial charge in [0.05, 0.1) is 12.2 Å². The van der Waals surface area contributed by atoms with Gasteiger partial charge in [0.1, 0.15) is 0 Å². The second-order valence-electron chi connectivity index (χ2n) is 6.40. The molecule has 0 aliphatic rings. The van der Waals surface area contributed by atoms with Crippen molar-refractivity contribution in [2.24, 2.45) is 0 Å². The maximum Gasteiger partial charge on any atom is 0.416 e. The molecule has 2 aromatic rings. The van der Waals surface area contributed by atoms with E-state index >= 15 is 0 Å². The Bertz CT molecular complexity index is 687. The maximum absolute atomic E-state index is 12.5. The number of hydrogen-bond donors (Lipinski definition) is 1. The van der Waals surface area contributed by atoms with Crippen LogP contribution in [-0.4, -0.2) is 5.11 Å². The molecule has 0 fully saturated rings. The largest absolute Gasteiger partial charge is 0.416 e. The van der Waals surface area contributed by atoms with Crippen molar-refractivity contribution < 1.29 is 18.3 Å². The Hall–Kier alpha value is -2.07. The highest BCUT2D eigenvalue weighted by atomic mass is 19.4. The Kier molecular flexibility index (Phi) is 7.92. The van der Waals surface area contributed by atoms with Crippen LogP contribution < -0.4 is 0 Å². The molecule has 2 rings (SSSR count). The first kappa shape index (κ1) is 20.2. The van der Waals surface area contributed by atoms with Crippen molar-refractivity contribution in [2.75, 3.05) is 0 Å². The summed E-state index contributed by atoms with van der Waals surface area (Å²) in [5.41, 5.74) is 2.40. The van der Waals surface area contributed by atoms with Crippen molar-refractivity contribution in [3.63, 3.8) is 0 Å². The Labute approximate surface area is 153 Å². The van der Waals surface area contributed by atoms with Gasteiger partial charge >= 0.3 is 6.18 Å². The number of alkyl halides is 3. The maximum atomic E-state index is 12.5. The predicted molar refractivity (Wildman–Crippen MR) is 99.6 cm³/mol. The zero-order chi connectivity index (χ0) is 18.8. The van der Waals surface area contributed by atoms with Gasteiger partial charge in [-0.3, -0.25) is 0 Å². The third-order valence-corrected chi connectivity index (χ3v) is 4.40. The number of aliphatic hydroxyl groups excluding tert-OH is 1. The highest BCUT2D eigenvalue weighted by molar-refractivity contribution is 5.49. The first-order valence-corrected chi connectivity index (χ1v) is 9.02. The van der Waals surface area contributed by atoms with Crippen molar-refractivity contribution in [2.45, 2.75) is 51.3 Å². The van der Waals surface area contributed by atoms with E-state index in [1.165, 1.54) is 17.7 Å². The molecular formula is C22H25F3O. The second kappa shape index (κ2) is 10.2. The molecule has 140 valence electrons. The summed E-state index contributed by atoms with van der Waals surface area (Å²) in [6, 6.07) is 13.2. The molecule has 0 aliphatic carbocycles. The van der Waals surface area contributed by atoms with E-state index in [0.29, 0.717) is 0 Å². The van der Waals surface area contributed by atoms with Gasteiger partial charge in [-0.05, 0) is 54.5 Å². The highest BCUT2D eigenvalue weighted by Crippen LogP contribution is 2.29. The first-order chi connectivity index (χ1) is 12.5. The van der Waals surface area contributed by atoms with Gasteiger partial charge in [0.2, 0.25) is 0 Å². The molecule has 0 aromatic heterocycles. The van der Waals surface area contributed by atoms with Gasteiger partial charge in [0.15, 0.2) is 0 Å². The van der Waals surface area contributed by atoms with E-state index in [1.807, 2.05) is 30.4 Å². The molecule has 0 bridgehead atoms. The molecule has 1 N–H and O–H groups in total. The van der Waals surface area contributed by atoms with E-state index in [4.69, 9.17) is 0 Å². The fourth-order valence-corrected chi connectivity index (χ4v) is 2.89. The quantitative estimate of drug-likeness (QED) is 0.511. The third-order valence-electron chi connectivity index (χ3n) is 4.40. The molecule has 0 spiro atoms. The molecule has 26 heavy (non-hydrogen) atoms. The van der Waals surface area contributed by atoms with E-state index in [1.54, 1.807) is 0 Å². The number of aliphatic hydroxyl groups is 1. The number of aryl methyl sites for hydroxylation is 1. The molecule has 0 heterocycles. The lowest BCUT2D eigenvalue weighted by Crippen LogP contribution is -2.03. The van der Waals surface area contributed by atoms with E-state index in [0.717, 1.165) is 61.8 Å². The number of halogens is 3. The number of rotatable bonds is 9. The summed E-state index contributed by atoms with van der Waals surface area (Å²) in [4.78, 5) is 0. The van der Waals surface area contributed by atoms with Crippen LogP contribution >= 0.6 is 0 Å². The third kappa shape index (κ3) is 6.68. The Morgan fingerprint density at radius 3 is 2.12 bits per heavy atom. The average molecular weight is 362 g/mol. The molecule has 0 aliphatic heterocycles. The summed E-state index contributed by atoms with van der Waals surface area (Å²) in [5, 5.41) is 9.30. The van der Waals surface area contributed by atoms with Crippen LogP contribution in [0.15, 0.2) is 54.6 Å². The van der Waals surface area contributed by atoms with Crippen LogP contribution in [0.3, 0.4) is 0 Å². The Morgan fingerprint density at radius 2 is 1.46 bits per heavy atom. The fraction of sp³-hybridized carbons (Fsp3) is 0.364. The molecule has 0 saturated heterocycles. The van der Waals surface area contributed by atoms with Gasteiger partial charge in [-0.25, -0.2) is 0 Å². The van der Waals surface area contributed by atoms with Gasteiger partial charge in [-0.2, -0.15) is 13.2 Å². The van der Waals surface area contributed by atoms with E-state index in [9.17, 15) is 18.3 Å². The summed E-state index contributed by atoms with van der Waals surface area (Å²) in [6.45, 7) is 0.0882. The normalized spacial score (nSPS) is 12.0. The lowest BCUT2D eigenvalue weighted by Gasteiger charge is -2.06. The summed E-state index contributed by atoms with van der Waals surface area (Å²) < 4.78 is 37.5. The summed E-state index contributed by atoms with van der Waals surface area (Å²) >= 11 is 0. The lowest BCUT2D eigenvalue weighted by molar-refractivity contribution is -0.137. The van der Waals surface area contributed by atoms with Crippen LogP contribution in [0.4, 0.5) is 13.2 Å². The minimum absolute atomic E-state index is 0.0882. The number of allylic oxidation sites excluding steroid dienone is 1. The van der Waals surface area contributed by atoms with Gasteiger partial charge in [0, 0.05) is 0 Å². The van der Waals surface area contributed by atoms with Crippen LogP contribution in [-0.2, 0) is 19.2 Å². The summed E-state index contributed by atoms with van der Waals surface area (Å²) in [7, 11) is 0. The average Bonchev–Trinajstić information content (AvgIpc) is 2.64. The molecular weight excluding hydrogens is 337 g/mol. The van der Waals surface area contributed by atoms with Gasteiger partial charge in [0.25, 0.3) is 0 Å². The summed E-state index contributed by atoms with van der Waals surface area (Å²) in [5.74, 6) is 0. The van der Waals surface area contributed by atoms with Crippen molar-refractivity contribution in [1.29, 1.82) is 0 Å². The highest BCUT2D eigenvalue weighted by Gasteiger charge is 2.29. The summed E-state index contributed by atoms with van der Waals surface area (Å²) in [6.07, 6.45) is 5.94. The van der Waals surface area contributed by atoms with Crippen LogP contribution in [0.5, 0.6) is 0 Å². The van der Waals surface area contributed by atoms with Crippen LogP contribution in [0.25, 0.3) is 6.08 Å². The van der Waals surface area contributed by atoms with Crippen molar-refractivity contribution in [3.05, 3.63) is 76.9 Å². The molecule has 1 nitrogen and oxygen atoms in total. The number of unbranched alkanes of at least 4 members (excludes halogenated alkanes) is 4. The number of hydrogen-bond acceptors (Lipinski definition) is 1. The zero-order valence-corrected chi connectivity index (χ0v) is 14.8. The van der Waals surface area contributed by atoms with Crippen LogP contribution in [0, 0.1) is 0 Å². The van der Waals surface area contributed by atoms with Crippen molar-refractivity contribution >= 4 is 6.08 Å². The molecule has 0 saturated carbocycles. The fourth-order valence-electron chi connectivity index (χ4n) is 2.89. The Balaban J connectivity index is 1.62. The van der Waals surface area contributed by atoms with Crippen molar-refractivity contribution in [1.82, 2.24) is 0 Å². The number of benzene rings is 2. The van der Waals surface area contributed by atoms with E-state index < -0.39 is 11.7 Å². The van der Waals surface area contributed by atoms with E-state index in [2.05, 4.69) is 6.07 Å². The monoisotopic (exact) mass is 362 g/mol. The Morgan fingerprint density at radius 1 is 0.808 bits per heavy atom. The van der Waals surface area contributed by atoms with Gasteiger partial charge in [-0.1, -0.05) is 61.4 Å². The van der Waals surface area contributed by atoms with Crippen LogP contribution in [0.2, 0.25) is 0 Å². The molecule has 2 aromatic carbocycles. The molecule has 0 amide bonds. The van der Waals surface area contributed by atoms with Gasteiger partial charge < -0.3 is 5.11 Å². The van der Waals surface area contributed by atoms with Gasteiger partial charge in [-0.15, -0.1) is 0 Å². The molecule has 0 radical (unpaired) electrons. The van der Waals surface area contributed by atoms with E-state index in [-0.39, 0.29) is 6.61 Å². The SMILES string of the molecule is OCc1ccccc1CCCCCCC=Cc1ccc(C(F)(F)F)cc1. The standard InChI is InChI=1S/C22H25F3O/c23-22(24,25)21-15-13-18(14-16-21)9-5-3-1-2-4-6-10-19-11-7-8-12-20(19)17-26/h5,7-9,11-16,26H,1-4,6,10,17H2. The van der Waals surface area contributed by atoms with Crippen LogP contribution in [0.1, 0.15) is 54.4 Å². The molecule has 4 heteroatoms. The van der Waals surface area contributed by atoms with Crippen molar-refractivity contribution in [3.8, 4) is 0 Å². The topological polar surface area (TPSA) is 20.2 Å². The smallest absolute Gasteiger partial charge is 0.392 e. The second-order valence-corrected chi connectivity index (χ2v) is 6.40. The lowest BCUT2D eigenvalue weighted by atomic mass is 10.0. The molecule has 0 atom stereocenters. The zero-order valence-electron chi connectivity index (χ0n) is 14.8. The molecule has 0 unspecified atom stereocenters. The minimum Gasteiger partial charge on any atom is -0.392 e. The minimum atomic E-state index is -4.28. The predicted octanol–water partition coefficient (Wildman–Crippen LogP) is 6.40. The first-order valence-electron chi connectivity index (χ1n) is 9.02.